The Hall–Kier alpha value is -1.37. The fourth-order valence-electron chi connectivity index (χ4n) is 2.22. The van der Waals surface area contributed by atoms with Crippen molar-refractivity contribution in [3.8, 4) is 0 Å². The zero-order chi connectivity index (χ0) is 12.1. The zero-order valence-corrected chi connectivity index (χ0v) is 10.4. The van der Waals surface area contributed by atoms with Crippen molar-refractivity contribution in [2.45, 2.75) is 13.3 Å². The Morgan fingerprint density at radius 1 is 1.35 bits per heavy atom. The van der Waals surface area contributed by atoms with Crippen molar-refractivity contribution in [3.63, 3.8) is 0 Å². The highest BCUT2D eigenvalue weighted by Crippen LogP contribution is 2.19. The minimum Gasteiger partial charge on any atom is -0.314 e. The average molecular weight is 229 g/mol. The van der Waals surface area contributed by atoms with Gasteiger partial charge in [-0.1, -0.05) is 18.2 Å². The summed E-state index contributed by atoms with van der Waals surface area (Å²) in [5.41, 5.74) is 3.21. The number of aryl methyl sites for hydroxylation is 1. The summed E-state index contributed by atoms with van der Waals surface area (Å²) in [5, 5.41) is 3.36. The first-order valence-corrected chi connectivity index (χ1v) is 6.19. The van der Waals surface area contributed by atoms with E-state index in [0.29, 0.717) is 0 Å². The first kappa shape index (κ1) is 12.1. The molecular weight excluding hydrogens is 210 g/mol. The monoisotopic (exact) mass is 229 g/mol. The molecule has 0 radical (unpaired) electrons. The highest BCUT2D eigenvalue weighted by Gasteiger charge is 2.09. The van der Waals surface area contributed by atoms with Crippen LogP contribution in [0, 0.1) is 13.5 Å². The number of nitrogens with one attached hydrogen (secondary N) is 1. The van der Waals surface area contributed by atoms with Crippen LogP contribution >= 0.6 is 0 Å². The summed E-state index contributed by atoms with van der Waals surface area (Å²) in [6.07, 6.45) is 1.08. The molecule has 0 bridgehead atoms. The minimum absolute atomic E-state index is 0.774. The number of piperazine rings is 1. The SMILES string of the molecule is [C-]#[N+]c1ccc(CCN2CCNCC2)cc1C. The molecule has 1 aliphatic rings. The Kier molecular flexibility index (Phi) is 4.13. The van der Waals surface area contributed by atoms with E-state index in [0.717, 1.165) is 50.4 Å². The van der Waals surface area contributed by atoms with E-state index in [9.17, 15) is 0 Å². The van der Waals surface area contributed by atoms with Crippen LogP contribution in [0.25, 0.3) is 4.85 Å². The van der Waals surface area contributed by atoms with E-state index >= 15 is 0 Å². The Morgan fingerprint density at radius 3 is 2.76 bits per heavy atom. The molecular formula is C14H19N3. The number of nitrogens with zero attached hydrogens (tertiary/aromatic N) is 2. The molecule has 0 aromatic heterocycles. The molecule has 0 unspecified atom stereocenters. The van der Waals surface area contributed by atoms with Crippen molar-refractivity contribution in [1.82, 2.24) is 10.2 Å². The predicted molar refractivity (Wildman–Crippen MR) is 70.5 cm³/mol. The van der Waals surface area contributed by atoms with E-state index in [1.54, 1.807) is 0 Å². The maximum absolute atomic E-state index is 7.03. The zero-order valence-electron chi connectivity index (χ0n) is 10.4. The lowest BCUT2D eigenvalue weighted by Gasteiger charge is -2.27. The summed E-state index contributed by atoms with van der Waals surface area (Å²) in [5.74, 6) is 0. The Labute approximate surface area is 103 Å². The fourth-order valence-corrected chi connectivity index (χ4v) is 2.22. The minimum atomic E-state index is 0.774. The molecule has 0 saturated carbocycles. The van der Waals surface area contributed by atoms with Gasteiger partial charge in [0.25, 0.3) is 0 Å². The second-order valence-electron chi connectivity index (χ2n) is 4.57. The van der Waals surface area contributed by atoms with Crippen LogP contribution in [0.3, 0.4) is 0 Å². The van der Waals surface area contributed by atoms with Crippen LogP contribution in [0.15, 0.2) is 18.2 Å². The van der Waals surface area contributed by atoms with Crippen molar-refractivity contribution >= 4 is 5.69 Å². The Bertz CT molecular complexity index is 414. The van der Waals surface area contributed by atoms with Gasteiger partial charge in [0.05, 0.1) is 6.57 Å². The van der Waals surface area contributed by atoms with E-state index in [1.807, 2.05) is 13.0 Å². The molecule has 90 valence electrons. The van der Waals surface area contributed by atoms with Gasteiger partial charge in [0.15, 0.2) is 5.69 Å². The summed E-state index contributed by atoms with van der Waals surface area (Å²) in [4.78, 5) is 5.99. The van der Waals surface area contributed by atoms with Gasteiger partial charge in [-0.3, -0.25) is 0 Å². The molecule has 0 atom stereocenters. The van der Waals surface area contributed by atoms with Gasteiger partial charge in [0.2, 0.25) is 0 Å². The molecule has 0 spiro atoms. The smallest absolute Gasteiger partial charge is 0.190 e. The molecule has 1 heterocycles. The van der Waals surface area contributed by atoms with Crippen LogP contribution in [-0.2, 0) is 6.42 Å². The maximum Gasteiger partial charge on any atom is 0.190 e. The van der Waals surface area contributed by atoms with Gasteiger partial charge in [-0.25, -0.2) is 4.85 Å². The van der Waals surface area contributed by atoms with Crippen LogP contribution in [0.2, 0.25) is 0 Å². The molecule has 0 amide bonds. The van der Waals surface area contributed by atoms with Crippen molar-refractivity contribution in [2.75, 3.05) is 32.7 Å². The summed E-state index contributed by atoms with van der Waals surface area (Å²) < 4.78 is 0. The van der Waals surface area contributed by atoms with Gasteiger partial charge in [0, 0.05) is 32.7 Å². The Balaban J connectivity index is 1.90. The standard InChI is InChI=1S/C14H19N3/c1-12-11-13(3-4-14(12)15-2)5-8-17-9-6-16-7-10-17/h3-4,11,16H,5-10H2,1H3. The maximum atomic E-state index is 7.03. The molecule has 1 aromatic carbocycles. The second kappa shape index (κ2) is 5.81. The number of hydrogen-bond donors (Lipinski definition) is 1. The molecule has 3 nitrogen and oxygen atoms in total. The topological polar surface area (TPSA) is 19.6 Å². The molecule has 3 heteroatoms. The van der Waals surface area contributed by atoms with Crippen molar-refractivity contribution in [3.05, 3.63) is 40.7 Å². The molecule has 2 rings (SSSR count). The van der Waals surface area contributed by atoms with Crippen LogP contribution in [0.5, 0.6) is 0 Å². The molecule has 0 aliphatic carbocycles. The van der Waals surface area contributed by atoms with E-state index in [-0.39, 0.29) is 0 Å². The molecule has 1 aliphatic heterocycles. The van der Waals surface area contributed by atoms with Gasteiger partial charge >= 0.3 is 0 Å². The van der Waals surface area contributed by atoms with E-state index in [1.165, 1.54) is 5.56 Å². The fraction of sp³-hybridized carbons (Fsp3) is 0.500. The van der Waals surface area contributed by atoms with Gasteiger partial charge in [-0.05, 0) is 24.5 Å². The summed E-state index contributed by atoms with van der Waals surface area (Å²) in [7, 11) is 0. The van der Waals surface area contributed by atoms with Crippen molar-refractivity contribution < 1.29 is 0 Å². The highest BCUT2D eigenvalue weighted by atomic mass is 15.2. The summed E-state index contributed by atoms with van der Waals surface area (Å²) >= 11 is 0. The lowest BCUT2D eigenvalue weighted by Crippen LogP contribution is -2.44. The quantitative estimate of drug-likeness (QED) is 0.800. The third-order valence-electron chi connectivity index (χ3n) is 3.31. The molecule has 1 saturated heterocycles. The molecule has 1 fully saturated rings. The third kappa shape index (κ3) is 3.29. The van der Waals surface area contributed by atoms with E-state index in [2.05, 4.69) is 27.2 Å². The van der Waals surface area contributed by atoms with E-state index in [4.69, 9.17) is 6.57 Å². The molecule has 17 heavy (non-hydrogen) atoms. The average Bonchev–Trinajstić information content (AvgIpc) is 2.38. The number of rotatable bonds is 3. The van der Waals surface area contributed by atoms with Gasteiger partial charge < -0.3 is 10.2 Å². The lowest BCUT2D eigenvalue weighted by atomic mass is 10.1. The largest absolute Gasteiger partial charge is 0.314 e. The van der Waals surface area contributed by atoms with Gasteiger partial charge in [0.1, 0.15) is 0 Å². The van der Waals surface area contributed by atoms with Crippen LogP contribution in [0.4, 0.5) is 5.69 Å². The molecule has 1 N–H and O–H groups in total. The third-order valence-corrected chi connectivity index (χ3v) is 3.31. The normalized spacial score (nSPS) is 16.7. The number of benzene rings is 1. The molecule has 1 aromatic rings. The van der Waals surface area contributed by atoms with Crippen molar-refractivity contribution in [2.24, 2.45) is 0 Å². The second-order valence-corrected chi connectivity index (χ2v) is 4.57. The summed E-state index contributed by atoms with van der Waals surface area (Å²) in [6, 6.07) is 6.17. The van der Waals surface area contributed by atoms with Crippen LogP contribution < -0.4 is 5.32 Å². The van der Waals surface area contributed by atoms with Gasteiger partial charge in [-0.15, -0.1) is 0 Å². The number of hydrogen-bond acceptors (Lipinski definition) is 2. The first-order valence-electron chi connectivity index (χ1n) is 6.19. The van der Waals surface area contributed by atoms with Gasteiger partial charge in [-0.2, -0.15) is 0 Å². The van der Waals surface area contributed by atoms with Crippen molar-refractivity contribution in [1.29, 1.82) is 0 Å². The predicted octanol–water partition coefficient (Wildman–Crippen LogP) is 1.99. The lowest BCUT2D eigenvalue weighted by molar-refractivity contribution is 0.244. The first-order chi connectivity index (χ1) is 8.29. The summed E-state index contributed by atoms with van der Waals surface area (Å²) in [6.45, 7) is 14.7. The highest BCUT2D eigenvalue weighted by molar-refractivity contribution is 5.52. The van der Waals surface area contributed by atoms with Crippen LogP contribution in [-0.4, -0.2) is 37.6 Å². The van der Waals surface area contributed by atoms with Crippen LogP contribution in [0.1, 0.15) is 11.1 Å². The van der Waals surface area contributed by atoms with E-state index < -0.39 is 0 Å². The Morgan fingerprint density at radius 2 is 2.12 bits per heavy atom.